The number of carbonyl (C=O) groups excluding carboxylic acids is 1. The number of benzene rings is 2. The molecule has 2 N–H and O–H groups in total. The van der Waals surface area contributed by atoms with Gasteiger partial charge in [0, 0.05) is 18.7 Å². The van der Waals surface area contributed by atoms with Gasteiger partial charge in [0.1, 0.15) is 0 Å². The number of carbonyl (C=O) groups is 1. The number of anilines is 1. The zero-order valence-corrected chi connectivity index (χ0v) is 14.4. The fourth-order valence-corrected chi connectivity index (χ4v) is 2.40. The Bertz CT molecular complexity index is 680. The molecule has 0 bridgehead atoms. The van der Waals surface area contributed by atoms with Gasteiger partial charge in [0.25, 0.3) is 0 Å². The molecule has 0 fully saturated rings. The summed E-state index contributed by atoms with van der Waals surface area (Å²) in [6.45, 7) is 4.86. The first kappa shape index (κ1) is 17.7. The Labute approximate surface area is 144 Å². The van der Waals surface area contributed by atoms with E-state index in [0.717, 1.165) is 36.3 Å². The van der Waals surface area contributed by atoms with E-state index >= 15 is 0 Å². The average molecular weight is 323 g/mol. The third-order valence-corrected chi connectivity index (χ3v) is 3.69. The number of hydrogen-bond acceptors (Lipinski definition) is 3. The lowest BCUT2D eigenvalue weighted by Crippen LogP contribution is -2.20. The molecule has 0 heterocycles. The Morgan fingerprint density at radius 1 is 1.08 bits per heavy atom. The highest BCUT2D eigenvalue weighted by Crippen LogP contribution is 2.09. The smallest absolute Gasteiger partial charge is 0.240 e. The van der Waals surface area contributed by atoms with Gasteiger partial charge in [-0.3, -0.25) is 4.79 Å². The summed E-state index contributed by atoms with van der Waals surface area (Å²) < 4.78 is 0. The topological polar surface area (TPSA) is 53.5 Å². The highest BCUT2D eigenvalue weighted by Gasteiger charge is 2.03. The molecule has 126 valence electrons. The monoisotopic (exact) mass is 323 g/mol. The minimum atomic E-state index is -0.0528. The number of aryl methyl sites for hydroxylation is 1. The molecule has 24 heavy (non-hydrogen) atoms. The summed E-state index contributed by atoms with van der Waals surface area (Å²) in [5.41, 5.74) is 6.91. The maximum Gasteiger partial charge on any atom is 0.240 e. The van der Waals surface area contributed by atoms with E-state index < -0.39 is 0 Å². The Morgan fingerprint density at radius 2 is 1.88 bits per heavy atom. The van der Waals surface area contributed by atoms with Gasteiger partial charge in [0.2, 0.25) is 5.91 Å². The van der Waals surface area contributed by atoms with Gasteiger partial charge >= 0.3 is 0 Å². The van der Waals surface area contributed by atoms with E-state index in [-0.39, 0.29) is 5.91 Å². The van der Waals surface area contributed by atoms with E-state index in [4.69, 9.17) is 0 Å². The highest BCUT2D eigenvalue weighted by atomic mass is 16.2. The lowest BCUT2D eigenvalue weighted by Gasteiger charge is -2.07. The van der Waals surface area contributed by atoms with Gasteiger partial charge in [0.15, 0.2) is 0 Å². The average Bonchev–Trinajstić information content (AvgIpc) is 2.60. The normalized spacial score (nSPS) is 11.2. The third kappa shape index (κ3) is 5.88. The maximum atomic E-state index is 11.9. The Morgan fingerprint density at radius 3 is 2.58 bits per heavy atom. The Hall–Kier alpha value is -2.62. The van der Waals surface area contributed by atoms with Crippen LogP contribution < -0.4 is 10.7 Å². The molecule has 0 atom stereocenters. The summed E-state index contributed by atoms with van der Waals surface area (Å²) in [7, 11) is 0. The number of hydrazone groups is 1. The van der Waals surface area contributed by atoms with E-state index in [1.54, 1.807) is 0 Å². The Kier molecular flexibility index (Phi) is 7.02. The zero-order valence-electron chi connectivity index (χ0n) is 14.4. The molecule has 0 aliphatic carbocycles. The van der Waals surface area contributed by atoms with Crippen molar-refractivity contribution in [2.45, 2.75) is 33.1 Å². The molecule has 0 radical (unpaired) electrons. The lowest BCUT2D eigenvalue weighted by atomic mass is 10.1. The van der Waals surface area contributed by atoms with Crippen LogP contribution in [0.25, 0.3) is 0 Å². The van der Waals surface area contributed by atoms with Crippen LogP contribution in [0.5, 0.6) is 0 Å². The third-order valence-electron chi connectivity index (χ3n) is 3.69. The second-order valence-corrected chi connectivity index (χ2v) is 5.71. The van der Waals surface area contributed by atoms with E-state index in [1.807, 2.05) is 49.4 Å². The first-order valence-electron chi connectivity index (χ1n) is 8.40. The summed E-state index contributed by atoms with van der Waals surface area (Å²) >= 11 is 0. The number of nitrogens with zero attached hydrogens (tertiary/aromatic N) is 1. The zero-order chi connectivity index (χ0) is 17.2. The molecular weight excluding hydrogens is 298 g/mol. The van der Waals surface area contributed by atoms with Crippen LogP contribution in [-0.4, -0.2) is 18.2 Å². The molecule has 0 spiro atoms. The molecule has 0 saturated carbocycles. The standard InChI is InChI=1S/C20H25N3O/c1-3-19(17-10-5-4-6-11-17)22-23-20(24)13-8-14-21-18-12-7-9-16(2)15-18/h4-7,9-12,15,21H,3,8,13-14H2,1-2H3,(H,23,24). The summed E-state index contributed by atoms with van der Waals surface area (Å²) in [5, 5.41) is 7.58. The largest absolute Gasteiger partial charge is 0.385 e. The van der Waals surface area contributed by atoms with Crippen molar-refractivity contribution in [1.29, 1.82) is 0 Å². The molecule has 1 amide bonds. The first-order chi connectivity index (χ1) is 11.7. The SMILES string of the molecule is CCC(=NNC(=O)CCCNc1cccc(C)c1)c1ccccc1. The molecule has 4 heteroatoms. The summed E-state index contributed by atoms with van der Waals surface area (Å²) in [6.07, 6.45) is 2.00. The molecule has 2 aromatic carbocycles. The van der Waals surface area contributed by atoms with E-state index in [9.17, 15) is 4.79 Å². The molecule has 2 aromatic rings. The highest BCUT2D eigenvalue weighted by molar-refractivity contribution is 6.00. The van der Waals surface area contributed by atoms with E-state index in [0.29, 0.717) is 6.42 Å². The quantitative estimate of drug-likeness (QED) is 0.436. The fourth-order valence-electron chi connectivity index (χ4n) is 2.40. The van der Waals surface area contributed by atoms with Gasteiger partial charge in [-0.2, -0.15) is 5.10 Å². The van der Waals surface area contributed by atoms with Crippen molar-refractivity contribution in [1.82, 2.24) is 5.43 Å². The maximum absolute atomic E-state index is 11.9. The molecular formula is C20H25N3O. The van der Waals surface area contributed by atoms with Gasteiger partial charge < -0.3 is 5.32 Å². The van der Waals surface area contributed by atoms with Gasteiger partial charge in [-0.25, -0.2) is 5.43 Å². The first-order valence-corrected chi connectivity index (χ1v) is 8.40. The minimum Gasteiger partial charge on any atom is -0.385 e. The Balaban J connectivity index is 1.74. The predicted molar refractivity (Wildman–Crippen MR) is 100 cm³/mol. The molecule has 0 aromatic heterocycles. The number of amides is 1. The van der Waals surface area contributed by atoms with Gasteiger partial charge in [-0.15, -0.1) is 0 Å². The summed E-state index contributed by atoms with van der Waals surface area (Å²) in [4.78, 5) is 11.9. The number of hydrogen-bond donors (Lipinski definition) is 2. The van der Waals surface area contributed by atoms with Crippen LogP contribution in [0.2, 0.25) is 0 Å². The van der Waals surface area contributed by atoms with Crippen LogP contribution in [0.1, 0.15) is 37.3 Å². The second kappa shape index (κ2) is 9.50. The molecule has 2 rings (SSSR count). The molecule has 0 unspecified atom stereocenters. The van der Waals surface area contributed by atoms with Gasteiger partial charge in [0.05, 0.1) is 5.71 Å². The van der Waals surface area contributed by atoms with Crippen molar-refractivity contribution in [3.05, 3.63) is 65.7 Å². The number of nitrogens with one attached hydrogen (secondary N) is 2. The minimum absolute atomic E-state index is 0.0528. The van der Waals surface area contributed by atoms with Gasteiger partial charge in [-0.1, -0.05) is 49.4 Å². The van der Waals surface area contributed by atoms with Crippen LogP contribution in [0, 0.1) is 6.92 Å². The van der Waals surface area contributed by atoms with Crippen LogP contribution in [0.15, 0.2) is 59.7 Å². The molecule has 0 saturated heterocycles. The van der Waals surface area contributed by atoms with Crippen LogP contribution in [0.4, 0.5) is 5.69 Å². The van der Waals surface area contributed by atoms with E-state index in [2.05, 4.69) is 34.9 Å². The van der Waals surface area contributed by atoms with Crippen molar-refractivity contribution in [2.24, 2.45) is 5.10 Å². The summed E-state index contributed by atoms with van der Waals surface area (Å²) in [5.74, 6) is -0.0528. The van der Waals surface area contributed by atoms with Crippen molar-refractivity contribution in [3.63, 3.8) is 0 Å². The second-order valence-electron chi connectivity index (χ2n) is 5.71. The van der Waals surface area contributed by atoms with Crippen LogP contribution in [0.3, 0.4) is 0 Å². The van der Waals surface area contributed by atoms with Gasteiger partial charge in [-0.05, 0) is 43.0 Å². The van der Waals surface area contributed by atoms with Crippen molar-refractivity contribution < 1.29 is 4.79 Å². The van der Waals surface area contributed by atoms with Crippen LogP contribution in [-0.2, 0) is 4.79 Å². The van der Waals surface area contributed by atoms with E-state index in [1.165, 1.54) is 5.56 Å². The number of rotatable bonds is 8. The molecule has 0 aliphatic heterocycles. The van der Waals surface area contributed by atoms with Crippen molar-refractivity contribution in [2.75, 3.05) is 11.9 Å². The van der Waals surface area contributed by atoms with Crippen molar-refractivity contribution in [3.8, 4) is 0 Å². The van der Waals surface area contributed by atoms with Crippen molar-refractivity contribution >= 4 is 17.3 Å². The summed E-state index contributed by atoms with van der Waals surface area (Å²) in [6, 6.07) is 18.1. The molecule has 0 aliphatic rings. The predicted octanol–water partition coefficient (Wildman–Crippen LogP) is 4.12. The lowest BCUT2D eigenvalue weighted by molar-refractivity contribution is -0.121. The van der Waals surface area contributed by atoms with Crippen LogP contribution >= 0.6 is 0 Å². The fraction of sp³-hybridized carbons (Fsp3) is 0.300. The molecule has 4 nitrogen and oxygen atoms in total.